The monoisotopic (exact) mass is 301 g/mol. The molecular weight excluding hydrogens is 282 g/mol. The molecule has 1 rings (SSSR count). The van der Waals surface area contributed by atoms with E-state index in [1.54, 1.807) is 12.1 Å². The summed E-state index contributed by atoms with van der Waals surface area (Å²) >= 11 is 0. The zero-order valence-electron chi connectivity index (χ0n) is 11.5. The second kappa shape index (κ2) is 7.11. The summed E-state index contributed by atoms with van der Waals surface area (Å²) < 4.78 is 29.9. The minimum absolute atomic E-state index is 0.0147. The van der Waals surface area contributed by atoms with E-state index in [9.17, 15) is 13.2 Å². The first-order chi connectivity index (χ1) is 9.38. The van der Waals surface area contributed by atoms with Crippen molar-refractivity contribution in [2.45, 2.75) is 6.92 Å². The lowest BCUT2D eigenvalue weighted by molar-refractivity contribution is 0.0955. The zero-order valence-corrected chi connectivity index (χ0v) is 12.3. The van der Waals surface area contributed by atoms with Crippen molar-refractivity contribution >= 4 is 21.6 Å². The summed E-state index contributed by atoms with van der Waals surface area (Å²) in [5, 5.41) is 2.52. The average Bonchev–Trinajstić information content (AvgIpc) is 2.38. The standard InChI is InChI=1S/C12H19N3O4S/c1-3-19-11-7-9(6-10(13)8-11)12(16)15-4-5-20(17,18)14-2/h6-8,14H,3-5,13H2,1-2H3,(H,15,16). The van der Waals surface area contributed by atoms with E-state index in [1.165, 1.54) is 13.1 Å². The normalized spacial score (nSPS) is 11.1. The minimum Gasteiger partial charge on any atom is -0.494 e. The van der Waals surface area contributed by atoms with E-state index < -0.39 is 15.9 Å². The quantitative estimate of drug-likeness (QED) is 0.611. The van der Waals surface area contributed by atoms with Crippen molar-refractivity contribution in [2.24, 2.45) is 0 Å². The highest BCUT2D eigenvalue weighted by atomic mass is 32.2. The third-order valence-corrected chi connectivity index (χ3v) is 3.83. The van der Waals surface area contributed by atoms with Gasteiger partial charge in [0.25, 0.3) is 5.91 Å². The van der Waals surface area contributed by atoms with Gasteiger partial charge in [0, 0.05) is 23.9 Å². The lowest BCUT2D eigenvalue weighted by Gasteiger charge is -2.09. The smallest absolute Gasteiger partial charge is 0.251 e. The van der Waals surface area contributed by atoms with Crippen LogP contribution >= 0.6 is 0 Å². The average molecular weight is 301 g/mol. The minimum atomic E-state index is -3.34. The lowest BCUT2D eigenvalue weighted by atomic mass is 10.2. The predicted molar refractivity (Wildman–Crippen MR) is 77.2 cm³/mol. The largest absolute Gasteiger partial charge is 0.494 e. The Hall–Kier alpha value is -1.80. The van der Waals surface area contributed by atoms with Gasteiger partial charge in [0.15, 0.2) is 0 Å². The summed E-state index contributed by atoms with van der Waals surface area (Å²) in [5.41, 5.74) is 6.42. The number of ether oxygens (including phenoxy) is 1. The third-order valence-electron chi connectivity index (χ3n) is 2.47. The Morgan fingerprint density at radius 2 is 2.05 bits per heavy atom. The molecular formula is C12H19N3O4S. The summed E-state index contributed by atoms with van der Waals surface area (Å²) in [6.07, 6.45) is 0. The van der Waals surface area contributed by atoms with Gasteiger partial charge in [0.2, 0.25) is 10.0 Å². The maximum absolute atomic E-state index is 11.9. The number of nitrogens with two attached hydrogens (primary N) is 1. The van der Waals surface area contributed by atoms with Crippen molar-refractivity contribution in [2.75, 3.05) is 31.7 Å². The number of nitrogens with one attached hydrogen (secondary N) is 2. The topological polar surface area (TPSA) is 111 Å². The van der Waals surface area contributed by atoms with Gasteiger partial charge in [-0.15, -0.1) is 0 Å². The Labute approximate surface area is 118 Å². The molecule has 7 nitrogen and oxygen atoms in total. The number of rotatable bonds is 7. The van der Waals surface area contributed by atoms with Crippen LogP contribution in [-0.2, 0) is 10.0 Å². The molecule has 0 aliphatic heterocycles. The van der Waals surface area contributed by atoms with Gasteiger partial charge in [0.05, 0.1) is 12.4 Å². The van der Waals surface area contributed by atoms with Gasteiger partial charge in [-0.05, 0) is 26.1 Å². The van der Waals surface area contributed by atoms with Crippen LogP contribution in [0.25, 0.3) is 0 Å². The van der Waals surface area contributed by atoms with Gasteiger partial charge in [-0.25, -0.2) is 13.1 Å². The Morgan fingerprint density at radius 1 is 1.35 bits per heavy atom. The Kier molecular flexibility index (Phi) is 5.78. The van der Waals surface area contributed by atoms with Crippen molar-refractivity contribution in [3.63, 3.8) is 0 Å². The van der Waals surface area contributed by atoms with Crippen LogP contribution in [0.4, 0.5) is 5.69 Å². The van der Waals surface area contributed by atoms with Crippen LogP contribution in [0.15, 0.2) is 18.2 Å². The zero-order chi connectivity index (χ0) is 15.2. The van der Waals surface area contributed by atoms with Crippen molar-refractivity contribution in [1.29, 1.82) is 0 Å². The molecule has 0 spiro atoms. The molecule has 0 aromatic heterocycles. The molecule has 20 heavy (non-hydrogen) atoms. The van der Waals surface area contributed by atoms with Crippen molar-refractivity contribution in [1.82, 2.24) is 10.0 Å². The summed E-state index contributed by atoms with van der Waals surface area (Å²) in [5.74, 6) is -0.0827. The maximum atomic E-state index is 11.9. The molecule has 0 fully saturated rings. The number of carbonyl (C=O) groups excluding carboxylic acids is 1. The SMILES string of the molecule is CCOc1cc(N)cc(C(=O)NCCS(=O)(=O)NC)c1. The molecule has 0 radical (unpaired) electrons. The van der Waals surface area contributed by atoms with Crippen LogP contribution in [0.5, 0.6) is 5.75 Å². The summed E-state index contributed by atoms with van der Waals surface area (Å²) in [7, 11) is -2.01. The van der Waals surface area contributed by atoms with Gasteiger partial charge in [0.1, 0.15) is 5.75 Å². The number of hydrogen-bond donors (Lipinski definition) is 3. The highest BCUT2D eigenvalue weighted by molar-refractivity contribution is 7.89. The van der Waals surface area contributed by atoms with Crippen LogP contribution < -0.4 is 20.5 Å². The molecule has 112 valence electrons. The van der Waals surface area contributed by atoms with Crippen molar-refractivity contribution < 1.29 is 17.9 Å². The fraction of sp³-hybridized carbons (Fsp3) is 0.417. The Bertz CT molecular complexity index is 572. The number of sulfonamides is 1. The van der Waals surface area contributed by atoms with Crippen molar-refractivity contribution in [3.8, 4) is 5.75 Å². The van der Waals surface area contributed by atoms with Crippen LogP contribution in [0.3, 0.4) is 0 Å². The van der Waals surface area contributed by atoms with E-state index >= 15 is 0 Å². The van der Waals surface area contributed by atoms with Crippen molar-refractivity contribution in [3.05, 3.63) is 23.8 Å². The van der Waals surface area contributed by atoms with Crippen LogP contribution in [0.1, 0.15) is 17.3 Å². The molecule has 1 aromatic carbocycles. The molecule has 0 aliphatic rings. The molecule has 0 aliphatic carbocycles. The number of anilines is 1. The first-order valence-electron chi connectivity index (χ1n) is 6.10. The highest BCUT2D eigenvalue weighted by Gasteiger charge is 2.11. The Morgan fingerprint density at radius 3 is 2.65 bits per heavy atom. The molecule has 8 heteroatoms. The van der Waals surface area contributed by atoms with E-state index in [0.717, 1.165) is 0 Å². The van der Waals surface area contributed by atoms with Gasteiger partial charge in [-0.3, -0.25) is 4.79 Å². The molecule has 0 saturated carbocycles. The fourth-order valence-electron chi connectivity index (χ4n) is 1.51. The molecule has 0 unspecified atom stereocenters. The third kappa shape index (κ3) is 5.06. The van der Waals surface area contributed by atoms with E-state index in [4.69, 9.17) is 10.5 Å². The summed E-state index contributed by atoms with van der Waals surface area (Å²) in [4.78, 5) is 11.9. The van der Waals surface area contributed by atoms with Gasteiger partial charge in [-0.2, -0.15) is 0 Å². The lowest BCUT2D eigenvalue weighted by Crippen LogP contribution is -2.33. The van der Waals surface area contributed by atoms with Gasteiger partial charge < -0.3 is 15.8 Å². The molecule has 0 heterocycles. The molecule has 0 bridgehead atoms. The first-order valence-corrected chi connectivity index (χ1v) is 7.76. The highest BCUT2D eigenvalue weighted by Crippen LogP contribution is 2.18. The van der Waals surface area contributed by atoms with Gasteiger partial charge >= 0.3 is 0 Å². The molecule has 1 amide bonds. The number of amides is 1. The predicted octanol–water partition coefficient (Wildman–Crippen LogP) is -0.0535. The Balaban J connectivity index is 2.68. The number of nitrogen functional groups attached to an aromatic ring is 1. The summed E-state index contributed by atoms with van der Waals surface area (Å²) in [6.45, 7) is 2.30. The molecule has 4 N–H and O–H groups in total. The first kappa shape index (κ1) is 16.3. The molecule has 1 aromatic rings. The number of hydrogen-bond acceptors (Lipinski definition) is 5. The van der Waals surface area contributed by atoms with Crippen LogP contribution in [-0.4, -0.2) is 40.3 Å². The van der Waals surface area contributed by atoms with E-state index in [-0.39, 0.29) is 12.3 Å². The van der Waals surface area contributed by atoms with Crippen LogP contribution in [0.2, 0.25) is 0 Å². The fourth-order valence-corrected chi connectivity index (χ4v) is 2.08. The van der Waals surface area contributed by atoms with E-state index in [0.29, 0.717) is 23.6 Å². The maximum Gasteiger partial charge on any atom is 0.251 e. The van der Waals surface area contributed by atoms with E-state index in [1.807, 2.05) is 6.92 Å². The number of benzene rings is 1. The second-order valence-corrected chi connectivity index (χ2v) is 6.05. The number of carbonyl (C=O) groups is 1. The second-order valence-electron chi connectivity index (χ2n) is 4.00. The summed E-state index contributed by atoms with van der Waals surface area (Å²) in [6, 6.07) is 4.68. The van der Waals surface area contributed by atoms with Gasteiger partial charge in [-0.1, -0.05) is 0 Å². The molecule has 0 atom stereocenters. The van der Waals surface area contributed by atoms with E-state index in [2.05, 4.69) is 10.0 Å². The molecule has 0 saturated heterocycles. The van der Waals surface area contributed by atoms with Crippen LogP contribution in [0, 0.1) is 0 Å².